The summed E-state index contributed by atoms with van der Waals surface area (Å²) in [5, 5.41) is 15.9. The van der Waals surface area contributed by atoms with Crippen LogP contribution in [0.2, 0.25) is 5.02 Å². The maximum atomic E-state index is 13.2. The number of non-ortho nitro benzene ring substituents is 1. The van der Waals surface area contributed by atoms with Gasteiger partial charge in [-0.3, -0.25) is 29.8 Å². The highest BCUT2D eigenvalue weighted by molar-refractivity contribution is 6.39. The van der Waals surface area contributed by atoms with Crippen LogP contribution in [0.5, 0.6) is 11.5 Å². The number of halogens is 1. The van der Waals surface area contributed by atoms with Gasteiger partial charge in [-0.15, -0.1) is 0 Å². The van der Waals surface area contributed by atoms with Crippen LogP contribution in [-0.2, 0) is 14.4 Å². The SMILES string of the molecule is CCOc1cc(/C=C2\C(=O)NC(=O)N(c3cccc([N+](=O)[O-])c3)C2=O)cc(Cl)c1OCC(=O)Nc1ccc(C)cc1. The predicted octanol–water partition coefficient (Wildman–Crippen LogP) is 4.64. The van der Waals surface area contributed by atoms with Gasteiger partial charge in [0.15, 0.2) is 18.1 Å². The summed E-state index contributed by atoms with van der Waals surface area (Å²) in [6.07, 6.45) is 1.19. The molecule has 1 aliphatic heterocycles. The zero-order chi connectivity index (χ0) is 29.7. The largest absolute Gasteiger partial charge is 0.490 e. The van der Waals surface area contributed by atoms with Crippen molar-refractivity contribution in [2.24, 2.45) is 0 Å². The number of aryl methyl sites for hydroxylation is 1. The Labute approximate surface area is 238 Å². The molecule has 0 spiro atoms. The number of urea groups is 1. The highest BCUT2D eigenvalue weighted by Gasteiger charge is 2.37. The summed E-state index contributed by atoms with van der Waals surface area (Å²) in [5.74, 6) is -2.19. The van der Waals surface area contributed by atoms with Crippen molar-refractivity contribution in [2.45, 2.75) is 13.8 Å². The van der Waals surface area contributed by atoms with Crippen molar-refractivity contribution >= 4 is 58.5 Å². The molecule has 0 radical (unpaired) electrons. The molecule has 13 heteroatoms. The number of anilines is 2. The molecule has 41 heavy (non-hydrogen) atoms. The molecule has 1 fully saturated rings. The van der Waals surface area contributed by atoms with Crippen LogP contribution in [0.4, 0.5) is 21.9 Å². The Kier molecular flexibility index (Phi) is 8.63. The number of carbonyl (C=O) groups is 4. The Hall–Kier alpha value is -5.23. The minimum Gasteiger partial charge on any atom is -0.490 e. The molecule has 0 atom stereocenters. The molecule has 2 N–H and O–H groups in total. The topological polar surface area (TPSA) is 157 Å². The lowest BCUT2D eigenvalue weighted by molar-refractivity contribution is -0.384. The van der Waals surface area contributed by atoms with E-state index in [0.29, 0.717) is 10.6 Å². The third-order valence-corrected chi connectivity index (χ3v) is 6.01. The number of nitrogens with zero attached hydrogens (tertiary/aromatic N) is 2. The molecule has 3 aromatic rings. The van der Waals surface area contributed by atoms with Crippen molar-refractivity contribution in [3.63, 3.8) is 0 Å². The van der Waals surface area contributed by atoms with E-state index in [-0.39, 0.29) is 46.7 Å². The van der Waals surface area contributed by atoms with Gasteiger partial charge in [0.25, 0.3) is 23.4 Å². The molecule has 0 unspecified atom stereocenters. The number of hydrogen-bond donors (Lipinski definition) is 2. The molecule has 0 bridgehead atoms. The van der Waals surface area contributed by atoms with E-state index in [9.17, 15) is 29.3 Å². The number of nitro benzene ring substituents is 1. The van der Waals surface area contributed by atoms with Crippen LogP contribution in [0.15, 0.2) is 66.2 Å². The number of hydrogen-bond acceptors (Lipinski definition) is 8. The Bertz CT molecular complexity index is 1590. The Balaban J connectivity index is 1.59. The molecule has 1 saturated heterocycles. The molecular weight excluding hydrogens is 556 g/mol. The molecule has 4 rings (SSSR count). The van der Waals surface area contributed by atoms with Gasteiger partial charge in [0.2, 0.25) is 0 Å². The summed E-state index contributed by atoms with van der Waals surface area (Å²) in [7, 11) is 0. The number of benzene rings is 3. The van der Waals surface area contributed by atoms with Gasteiger partial charge in [-0.05, 0) is 55.8 Å². The van der Waals surface area contributed by atoms with Crippen molar-refractivity contribution in [3.05, 3.63) is 92.5 Å². The van der Waals surface area contributed by atoms with Gasteiger partial charge in [-0.25, -0.2) is 9.69 Å². The van der Waals surface area contributed by atoms with Crippen LogP contribution < -0.4 is 25.0 Å². The first-order valence-electron chi connectivity index (χ1n) is 12.2. The maximum absolute atomic E-state index is 13.2. The van der Waals surface area contributed by atoms with Gasteiger partial charge in [0.05, 0.1) is 22.2 Å². The second-order valence-corrected chi connectivity index (χ2v) is 9.11. The molecule has 0 saturated carbocycles. The Morgan fingerprint density at radius 2 is 1.83 bits per heavy atom. The van der Waals surface area contributed by atoms with E-state index in [1.807, 2.05) is 19.1 Å². The van der Waals surface area contributed by atoms with Crippen LogP contribution in [0.25, 0.3) is 6.08 Å². The molecule has 1 aliphatic rings. The fourth-order valence-corrected chi connectivity index (χ4v) is 4.12. The van der Waals surface area contributed by atoms with E-state index in [1.165, 1.54) is 36.4 Å². The van der Waals surface area contributed by atoms with Gasteiger partial charge in [0, 0.05) is 17.8 Å². The molecule has 0 aromatic heterocycles. The van der Waals surface area contributed by atoms with Crippen LogP contribution in [0, 0.1) is 17.0 Å². The van der Waals surface area contributed by atoms with Crippen LogP contribution in [-0.4, -0.2) is 41.9 Å². The second-order valence-electron chi connectivity index (χ2n) is 8.70. The molecule has 0 aliphatic carbocycles. The molecule has 3 aromatic carbocycles. The molecule has 12 nitrogen and oxygen atoms in total. The Morgan fingerprint density at radius 1 is 1.10 bits per heavy atom. The fraction of sp³-hybridized carbons (Fsp3) is 0.143. The number of ether oxygens (including phenoxy) is 2. The van der Waals surface area contributed by atoms with Gasteiger partial charge in [-0.2, -0.15) is 0 Å². The minimum absolute atomic E-state index is 0.0289. The van der Waals surface area contributed by atoms with E-state index < -0.39 is 34.2 Å². The summed E-state index contributed by atoms with van der Waals surface area (Å²) in [4.78, 5) is 61.8. The lowest BCUT2D eigenvalue weighted by Gasteiger charge is -2.26. The van der Waals surface area contributed by atoms with Crippen molar-refractivity contribution in [1.82, 2.24) is 5.32 Å². The van der Waals surface area contributed by atoms with Crippen LogP contribution in [0.1, 0.15) is 18.1 Å². The highest BCUT2D eigenvalue weighted by atomic mass is 35.5. The van der Waals surface area contributed by atoms with E-state index >= 15 is 0 Å². The fourth-order valence-electron chi connectivity index (χ4n) is 3.85. The summed E-state index contributed by atoms with van der Waals surface area (Å²) in [5.41, 5.74) is 1.01. The minimum atomic E-state index is -1.06. The zero-order valence-corrected chi connectivity index (χ0v) is 22.6. The molecule has 5 amide bonds. The second kappa shape index (κ2) is 12.3. The lowest BCUT2D eigenvalue weighted by atomic mass is 10.1. The van der Waals surface area contributed by atoms with E-state index in [1.54, 1.807) is 19.1 Å². The summed E-state index contributed by atoms with van der Waals surface area (Å²) < 4.78 is 11.3. The molecule has 210 valence electrons. The first kappa shape index (κ1) is 28.8. The zero-order valence-electron chi connectivity index (χ0n) is 21.8. The third-order valence-electron chi connectivity index (χ3n) is 5.73. The molecule has 1 heterocycles. The van der Waals surface area contributed by atoms with Crippen molar-refractivity contribution in [3.8, 4) is 11.5 Å². The van der Waals surface area contributed by atoms with Gasteiger partial charge in [0.1, 0.15) is 5.57 Å². The van der Waals surface area contributed by atoms with Gasteiger partial charge >= 0.3 is 6.03 Å². The van der Waals surface area contributed by atoms with Crippen LogP contribution >= 0.6 is 11.6 Å². The smallest absolute Gasteiger partial charge is 0.335 e. The number of nitrogens with one attached hydrogen (secondary N) is 2. The average molecular weight is 579 g/mol. The predicted molar refractivity (Wildman–Crippen MR) is 150 cm³/mol. The number of nitro groups is 1. The molecular formula is C28H23ClN4O8. The standard InChI is InChI=1S/C28H23ClN4O8/c1-3-40-23-13-17(12-22(29)25(23)41-15-24(34)30-18-9-7-16(2)8-10-18)11-21-26(35)31-28(37)32(27(21)36)19-5-4-6-20(14-19)33(38)39/h4-14H,3,15H2,1-2H3,(H,30,34)(H,31,35,37)/b21-11+. The van der Waals surface area contributed by atoms with E-state index in [4.69, 9.17) is 21.1 Å². The third kappa shape index (κ3) is 6.68. The average Bonchev–Trinajstić information content (AvgIpc) is 2.92. The normalized spacial score (nSPS) is 14.1. The number of carbonyl (C=O) groups excluding carboxylic acids is 4. The summed E-state index contributed by atoms with van der Waals surface area (Å²) in [6, 6.07) is 13.9. The Morgan fingerprint density at radius 3 is 2.51 bits per heavy atom. The quantitative estimate of drug-likeness (QED) is 0.161. The number of barbiturate groups is 1. The maximum Gasteiger partial charge on any atom is 0.335 e. The van der Waals surface area contributed by atoms with Gasteiger partial charge < -0.3 is 14.8 Å². The summed E-state index contributed by atoms with van der Waals surface area (Å²) in [6.45, 7) is 3.47. The van der Waals surface area contributed by atoms with E-state index in [2.05, 4.69) is 10.6 Å². The number of imide groups is 2. The number of amides is 5. The van der Waals surface area contributed by atoms with E-state index in [0.717, 1.165) is 11.6 Å². The summed E-state index contributed by atoms with van der Waals surface area (Å²) >= 11 is 6.44. The van der Waals surface area contributed by atoms with Crippen molar-refractivity contribution in [2.75, 3.05) is 23.4 Å². The van der Waals surface area contributed by atoms with Crippen molar-refractivity contribution < 1.29 is 33.6 Å². The van der Waals surface area contributed by atoms with Crippen LogP contribution in [0.3, 0.4) is 0 Å². The van der Waals surface area contributed by atoms with Gasteiger partial charge in [-0.1, -0.05) is 35.4 Å². The van der Waals surface area contributed by atoms with Crippen molar-refractivity contribution in [1.29, 1.82) is 0 Å². The monoisotopic (exact) mass is 578 g/mol. The highest BCUT2D eigenvalue weighted by Crippen LogP contribution is 2.38. The first-order valence-corrected chi connectivity index (χ1v) is 12.6. The lowest BCUT2D eigenvalue weighted by Crippen LogP contribution is -2.54. The first-order chi connectivity index (χ1) is 19.6. The number of rotatable bonds is 9.